The van der Waals surface area contributed by atoms with Gasteiger partial charge in [-0.05, 0) is 41.9 Å². The molecule has 0 saturated carbocycles. The number of halogens is 1. The van der Waals surface area contributed by atoms with E-state index in [1.54, 1.807) is 25.1 Å². The van der Waals surface area contributed by atoms with E-state index in [1.165, 1.54) is 13.0 Å². The molecule has 1 aromatic carbocycles. The number of ether oxygens (including phenoxy) is 1. The van der Waals surface area contributed by atoms with Crippen molar-refractivity contribution in [3.63, 3.8) is 0 Å². The van der Waals surface area contributed by atoms with Crippen molar-refractivity contribution in [3.05, 3.63) is 28.7 Å². The summed E-state index contributed by atoms with van der Waals surface area (Å²) in [4.78, 5) is 23.0. The zero-order valence-electron chi connectivity index (χ0n) is 12.1. The minimum absolute atomic E-state index is 0.0135. The molecule has 0 bridgehead atoms. The van der Waals surface area contributed by atoms with Gasteiger partial charge in [-0.15, -0.1) is 0 Å². The van der Waals surface area contributed by atoms with Crippen molar-refractivity contribution in [3.8, 4) is 0 Å². The maximum Gasteiger partial charge on any atom is 0.321 e. The molecule has 1 amide bonds. The smallest absolute Gasteiger partial charge is 0.321 e. The van der Waals surface area contributed by atoms with Crippen LogP contribution in [-0.4, -0.2) is 39.5 Å². The maximum absolute atomic E-state index is 12.1. The third kappa shape index (κ3) is 5.39. The molecule has 2 N–H and O–H groups in total. The Hall–Kier alpha value is -1.45. The first-order valence-electron chi connectivity index (χ1n) is 6.49. The van der Waals surface area contributed by atoms with Crippen molar-refractivity contribution < 1.29 is 22.7 Å². The summed E-state index contributed by atoms with van der Waals surface area (Å²) in [6.07, 6.45) is -0.986. The minimum Gasteiger partial charge on any atom is -0.452 e. The summed E-state index contributed by atoms with van der Waals surface area (Å²) < 4.78 is 31.4. The number of hydrogen-bond donors (Lipinski definition) is 2. The minimum atomic E-state index is -3.85. The van der Waals surface area contributed by atoms with Gasteiger partial charge in [0.15, 0.2) is 6.10 Å². The second kappa shape index (κ2) is 8.25. The van der Waals surface area contributed by atoms with Crippen LogP contribution in [0.15, 0.2) is 33.6 Å². The van der Waals surface area contributed by atoms with Crippen LogP contribution in [0.1, 0.15) is 13.8 Å². The standard InChI is InChI=1S/C13H17BrN2O5S/c1-3-15-13(18)9(2)21-12(17)8-16-22(19,20)11-7-5-4-6-10(11)14/h4-7,9,16H,3,8H2,1-2H3,(H,15,18)/t9-/m0/s1. The van der Waals surface area contributed by atoms with Crippen LogP contribution < -0.4 is 10.0 Å². The lowest BCUT2D eigenvalue weighted by Gasteiger charge is -2.13. The van der Waals surface area contributed by atoms with E-state index in [0.29, 0.717) is 11.0 Å². The maximum atomic E-state index is 12.1. The number of sulfonamides is 1. The van der Waals surface area contributed by atoms with Gasteiger partial charge in [0.1, 0.15) is 6.54 Å². The molecule has 0 aliphatic heterocycles. The normalized spacial score (nSPS) is 12.5. The molecule has 0 spiro atoms. The molecule has 7 nitrogen and oxygen atoms in total. The van der Waals surface area contributed by atoms with Gasteiger partial charge in [-0.2, -0.15) is 4.72 Å². The first kappa shape index (κ1) is 18.6. The molecular formula is C13H17BrN2O5S. The van der Waals surface area contributed by atoms with Gasteiger partial charge in [0.05, 0.1) is 4.90 Å². The van der Waals surface area contributed by atoms with Crippen LogP contribution in [0.25, 0.3) is 0 Å². The fourth-order valence-corrected chi connectivity index (χ4v) is 3.47. The van der Waals surface area contributed by atoms with Crippen LogP contribution in [0, 0.1) is 0 Å². The fourth-order valence-electron chi connectivity index (χ4n) is 1.50. The molecule has 1 aromatic rings. The first-order chi connectivity index (χ1) is 10.3. The van der Waals surface area contributed by atoms with Crippen LogP contribution in [0.3, 0.4) is 0 Å². The highest BCUT2D eigenvalue weighted by atomic mass is 79.9. The number of amides is 1. The summed E-state index contributed by atoms with van der Waals surface area (Å²) in [7, 11) is -3.85. The lowest BCUT2D eigenvalue weighted by molar-refractivity contribution is -0.153. The van der Waals surface area contributed by atoms with E-state index < -0.39 is 34.5 Å². The zero-order chi connectivity index (χ0) is 16.8. The highest BCUT2D eigenvalue weighted by molar-refractivity contribution is 9.10. The highest BCUT2D eigenvalue weighted by Gasteiger charge is 2.21. The van der Waals surface area contributed by atoms with Gasteiger partial charge < -0.3 is 10.1 Å². The Labute approximate surface area is 137 Å². The van der Waals surface area contributed by atoms with Crippen LogP contribution in [0.5, 0.6) is 0 Å². The van der Waals surface area contributed by atoms with Crippen LogP contribution in [-0.2, 0) is 24.3 Å². The average molecular weight is 393 g/mol. The van der Waals surface area contributed by atoms with E-state index in [4.69, 9.17) is 4.74 Å². The molecule has 0 aliphatic carbocycles. The summed E-state index contributed by atoms with van der Waals surface area (Å²) in [5, 5.41) is 2.50. The number of carbonyl (C=O) groups is 2. The third-order valence-electron chi connectivity index (χ3n) is 2.56. The molecule has 0 fully saturated rings. The van der Waals surface area contributed by atoms with Crippen molar-refractivity contribution in [2.75, 3.05) is 13.1 Å². The molecule has 1 rings (SSSR count). The third-order valence-corrected chi connectivity index (χ3v) is 4.97. The van der Waals surface area contributed by atoms with Gasteiger partial charge in [0.25, 0.3) is 5.91 Å². The summed E-state index contributed by atoms with van der Waals surface area (Å²) >= 11 is 3.13. The summed E-state index contributed by atoms with van der Waals surface area (Å²) in [5.41, 5.74) is 0. The molecule has 0 heterocycles. The Morgan fingerprint density at radius 1 is 1.32 bits per heavy atom. The Bertz CT molecular complexity index is 648. The predicted octanol–water partition coefficient (Wildman–Crippen LogP) is 0.795. The predicted molar refractivity (Wildman–Crippen MR) is 83.6 cm³/mol. The molecular weight excluding hydrogens is 376 g/mol. The van der Waals surface area contributed by atoms with E-state index >= 15 is 0 Å². The fraction of sp³-hybridized carbons (Fsp3) is 0.385. The summed E-state index contributed by atoms with van der Waals surface area (Å²) in [6, 6.07) is 6.21. The topological polar surface area (TPSA) is 102 Å². The Balaban J connectivity index is 2.60. The summed E-state index contributed by atoms with van der Waals surface area (Å²) in [5.74, 6) is -1.28. The molecule has 0 radical (unpaired) electrons. The molecule has 0 aliphatic rings. The molecule has 0 aromatic heterocycles. The first-order valence-corrected chi connectivity index (χ1v) is 8.77. The van der Waals surface area contributed by atoms with E-state index in [9.17, 15) is 18.0 Å². The van der Waals surface area contributed by atoms with E-state index in [-0.39, 0.29) is 4.90 Å². The number of esters is 1. The second-order valence-electron chi connectivity index (χ2n) is 4.28. The number of hydrogen-bond acceptors (Lipinski definition) is 5. The van der Waals surface area contributed by atoms with E-state index in [1.807, 2.05) is 0 Å². The van der Waals surface area contributed by atoms with Crippen molar-refractivity contribution in [1.29, 1.82) is 0 Å². The largest absolute Gasteiger partial charge is 0.452 e. The number of likely N-dealkylation sites (N-methyl/N-ethyl adjacent to an activating group) is 1. The van der Waals surface area contributed by atoms with Gasteiger partial charge in [0.2, 0.25) is 10.0 Å². The van der Waals surface area contributed by atoms with Crippen molar-refractivity contribution in [2.45, 2.75) is 24.8 Å². The lowest BCUT2D eigenvalue weighted by Crippen LogP contribution is -2.38. The molecule has 9 heteroatoms. The zero-order valence-corrected chi connectivity index (χ0v) is 14.5. The number of carbonyl (C=O) groups excluding carboxylic acids is 2. The van der Waals surface area contributed by atoms with Gasteiger partial charge in [-0.1, -0.05) is 12.1 Å². The van der Waals surface area contributed by atoms with Crippen LogP contribution in [0.4, 0.5) is 0 Å². The average Bonchev–Trinajstić information content (AvgIpc) is 2.45. The van der Waals surface area contributed by atoms with Gasteiger partial charge >= 0.3 is 5.97 Å². The van der Waals surface area contributed by atoms with Crippen LogP contribution in [0.2, 0.25) is 0 Å². The summed E-state index contributed by atoms with van der Waals surface area (Å²) in [6.45, 7) is 2.99. The second-order valence-corrected chi connectivity index (χ2v) is 6.87. The highest BCUT2D eigenvalue weighted by Crippen LogP contribution is 2.20. The van der Waals surface area contributed by atoms with E-state index in [2.05, 4.69) is 26.0 Å². The molecule has 0 unspecified atom stereocenters. The number of nitrogens with one attached hydrogen (secondary N) is 2. The van der Waals surface area contributed by atoms with Crippen molar-refractivity contribution in [2.24, 2.45) is 0 Å². The molecule has 22 heavy (non-hydrogen) atoms. The Kier molecular flexibility index (Phi) is 6.98. The van der Waals surface area contributed by atoms with Gasteiger partial charge in [-0.3, -0.25) is 9.59 Å². The van der Waals surface area contributed by atoms with Crippen molar-refractivity contribution >= 4 is 37.8 Å². The van der Waals surface area contributed by atoms with E-state index in [0.717, 1.165) is 0 Å². The van der Waals surface area contributed by atoms with Gasteiger partial charge in [0, 0.05) is 11.0 Å². The molecule has 1 atom stereocenters. The number of benzene rings is 1. The monoisotopic (exact) mass is 392 g/mol. The van der Waals surface area contributed by atoms with Crippen LogP contribution >= 0.6 is 15.9 Å². The SMILES string of the molecule is CCNC(=O)[C@H](C)OC(=O)CNS(=O)(=O)c1ccccc1Br. The molecule has 122 valence electrons. The Morgan fingerprint density at radius 2 is 1.95 bits per heavy atom. The van der Waals surface area contributed by atoms with Gasteiger partial charge in [-0.25, -0.2) is 8.42 Å². The molecule has 0 saturated heterocycles. The van der Waals surface area contributed by atoms with Crippen molar-refractivity contribution in [1.82, 2.24) is 10.0 Å². The number of rotatable bonds is 7. The lowest BCUT2D eigenvalue weighted by atomic mass is 10.4. The quantitative estimate of drug-likeness (QED) is 0.668. The Morgan fingerprint density at radius 3 is 2.55 bits per heavy atom.